The summed E-state index contributed by atoms with van der Waals surface area (Å²) in [4.78, 5) is 43.2. The van der Waals surface area contributed by atoms with Crippen LogP contribution in [0.5, 0.6) is 0 Å². The van der Waals surface area contributed by atoms with Crippen LogP contribution in [0.2, 0.25) is 10.0 Å². The summed E-state index contributed by atoms with van der Waals surface area (Å²) in [6.07, 6.45) is 0.784. The van der Waals surface area contributed by atoms with Gasteiger partial charge in [0.1, 0.15) is 11.8 Å². The summed E-state index contributed by atoms with van der Waals surface area (Å²) < 4.78 is 6.22. The Balaban J connectivity index is 1.58. The molecule has 1 atom stereocenters. The second-order valence-electron chi connectivity index (χ2n) is 9.40. The number of hydrogen-bond acceptors (Lipinski definition) is 4. The van der Waals surface area contributed by atoms with Gasteiger partial charge in [0.25, 0.3) is 11.8 Å². The fraction of sp³-hybridized carbons (Fsp3) is 0.423. The van der Waals surface area contributed by atoms with Crippen molar-refractivity contribution in [3.05, 3.63) is 69.2 Å². The average Bonchev–Trinajstić information content (AvgIpc) is 3.18. The second kappa shape index (κ2) is 10.2. The highest BCUT2D eigenvalue weighted by molar-refractivity contribution is 6.42. The van der Waals surface area contributed by atoms with E-state index in [9.17, 15) is 14.4 Å². The van der Waals surface area contributed by atoms with Gasteiger partial charge in [-0.15, -0.1) is 0 Å². The van der Waals surface area contributed by atoms with Gasteiger partial charge in [0.15, 0.2) is 0 Å². The molecule has 2 heterocycles. The van der Waals surface area contributed by atoms with Gasteiger partial charge in [-0.25, -0.2) is 0 Å². The Morgan fingerprint density at radius 1 is 1.00 bits per heavy atom. The second-order valence-corrected chi connectivity index (χ2v) is 10.2. The van der Waals surface area contributed by atoms with E-state index in [1.165, 1.54) is 0 Å². The third-order valence-electron chi connectivity index (χ3n) is 6.48. The number of aryl methyl sites for hydroxylation is 1. The average molecular weight is 518 g/mol. The maximum absolute atomic E-state index is 13.7. The molecule has 7 nitrogen and oxygen atoms in total. The molecule has 9 heteroatoms. The monoisotopic (exact) mass is 517 g/mol. The number of halogens is 2. The van der Waals surface area contributed by atoms with Gasteiger partial charge in [0.05, 0.1) is 16.7 Å². The molecule has 2 saturated heterocycles. The molecule has 2 fully saturated rings. The van der Waals surface area contributed by atoms with E-state index in [0.29, 0.717) is 47.1 Å². The minimum atomic E-state index is -0.964. The third kappa shape index (κ3) is 5.17. The molecule has 0 bridgehead atoms. The first-order chi connectivity index (χ1) is 16.6. The lowest BCUT2D eigenvalue weighted by molar-refractivity contribution is -0.128. The Morgan fingerprint density at radius 2 is 1.69 bits per heavy atom. The van der Waals surface area contributed by atoms with Crippen LogP contribution in [-0.4, -0.2) is 65.0 Å². The largest absolute Gasteiger partial charge is 0.353 e. The maximum Gasteiger partial charge on any atom is 0.256 e. The number of nitrogens with one attached hydrogen (secondary N) is 1. The van der Waals surface area contributed by atoms with Crippen LogP contribution in [0, 0.1) is 6.92 Å². The van der Waals surface area contributed by atoms with Gasteiger partial charge in [-0.2, -0.15) is 0 Å². The van der Waals surface area contributed by atoms with Crippen LogP contribution < -0.4 is 5.32 Å². The molecule has 2 aliphatic rings. The Bertz CT molecular complexity index is 1150. The van der Waals surface area contributed by atoms with Gasteiger partial charge < -0.3 is 15.0 Å². The predicted octanol–water partition coefficient (Wildman–Crippen LogP) is 4.30. The molecule has 3 amide bonds. The molecule has 0 unspecified atom stereocenters. The number of rotatable bonds is 4. The van der Waals surface area contributed by atoms with Gasteiger partial charge in [-0.1, -0.05) is 40.9 Å². The molecule has 35 heavy (non-hydrogen) atoms. The Kier molecular flexibility index (Phi) is 7.40. The smallest absolute Gasteiger partial charge is 0.256 e. The van der Waals surface area contributed by atoms with Crippen molar-refractivity contribution in [2.24, 2.45) is 0 Å². The fourth-order valence-corrected chi connectivity index (χ4v) is 5.03. The van der Waals surface area contributed by atoms with Gasteiger partial charge in [0, 0.05) is 43.1 Å². The van der Waals surface area contributed by atoms with E-state index < -0.39 is 11.8 Å². The molecule has 0 aliphatic carbocycles. The fourth-order valence-electron chi connectivity index (χ4n) is 4.74. The molecule has 0 radical (unpaired) electrons. The highest BCUT2D eigenvalue weighted by atomic mass is 35.5. The summed E-state index contributed by atoms with van der Waals surface area (Å²) >= 11 is 12.1. The minimum Gasteiger partial charge on any atom is -0.353 e. The van der Waals surface area contributed by atoms with E-state index in [4.69, 9.17) is 27.9 Å². The van der Waals surface area contributed by atoms with Crippen LogP contribution in [0.3, 0.4) is 0 Å². The maximum atomic E-state index is 13.7. The van der Waals surface area contributed by atoms with Gasteiger partial charge in [-0.3, -0.25) is 19.3 Å². The summed E-state index contributed by atoms with van der Waals surface area (Å²) in [7, 11) is 0. The number of ether oxygens (including phenoxy) is 1. The topological polar surface area (TPSA) is 79.0 Å². The lowest BCUT2D eigenvalue weighted by Crippen LogP contribution is -2.60. The van der Waals surface area contributed by atoms with E-state index in [1.807, 2.05) is 39.0 Å². The number of carbonyl (C=O) groups is 3. The molecular formula is C26H29Cl2N3O4. The van der Waals surface area contributed by atoms with Gasteiger partial charge in [-0.05, 0) is 51.1 Å². The SMILES string of the molecule is Cc1cccc(C(=O)N2[C@H](C(=O)NC(C)C)COC23CCN(C(=O)c2ccc(Cl)c(Cl)c2)CC3)c1. The number of benzene rings is 2. The van der Waals surface area contributed by atoms with Crippen molar-refractivity contribution in [2.45, 2.75) is 51.4 Å². The van der Waals surface area contributed by atoms with Crippen LogP contribution in [0.4, 0.5) is 0 Å². The molecule has 186 valence electrons. The highest BCUT2D eigenvalue weighted by Gasteiger charge is 2.54. The van der Waals surface area contributed by atoms with Crippen LogP contribution in [0.25, 0.3) is 0 Å². The van der Waals surface area contributed by atoms with Crippen molar-refractivity contribution < 1.29 is 19.1 Å². The number of carbonyl (C=O) groups excluding carboxylic acids is 3. The van der Waals surface area contributed by atoms with Gasteiger partial charge in [0.2, 0.25) is 5.91 Å². The molecule has 2 aromatic carbocycles. The quantitative estimate of drug-likeness (QED) is 0.655. The Labute approximate surface area is 215 Å². The predicted molar refractivity (Wildman–Crippen MR) is 135 cm³/mol. The number of nitrogens with zero attached hydrogens (tertiary/aromatic N) is 2. The molecule has 1 N–H and O–H groups in total. The molecule has 0 saturated carbocycles. The van der Waals surface area contributed by atoms with Gasteiger partial charge >= 0.3 is 0 Å². The van der Waals surface area contributed by atoms with Crippen LogP contribution in [0.1, 0.15) is 53.0 Å². The Morgan fingerprint density at radius 3 is 2.31 bits per heavy atom. The minimum absolute atomic E-state index is 0.0689. The number of piperidine rings is 1. The standard InChI is InChI=1S/C26H29Cl2N3O4/c1-16(2)29-23(32)22-15-35-26(31(22)25(34)18-6-4-5-17(3)13-18)9-11-30(12-10-26)24(33)19-7-8-20(27)21(28)14-19/h4-8,13-14,16,22H,9-12,15H2,1-3H3,(H,29,32)/t22-/m0/s1. The zero-order valence-electron chi connectivity index (χ0n) is 20.0. The number of hydrogen-bond donors (Lipinski definition) is 1. The van der Waals surface area contributed by atoms with Crippen molar-refractivity contribution in [2.75, 3.05) is 19.7 Å². The number of amides is 3. The van der Waals surface area contributed by atoms with E-state index in [2.05, 4.69) is 5.32 Å². The van der Waals surface area contributed by atoms with Crippen molar-refractivity contribution >= 4 is 40.9 Å². The Hall–Kier alpha value is -2.61. The first kappa shape index (κ1) is 25.5. The zero-order valence-corrected chi connectivity index (χ0v) is 21.5. The molecular weight excluding hydrogens is 489 g/mol. The van der Waals surface area contributed by atoms with Crippen molar-refractivity contribution in [1.29, 1.82) is 0 Å². The summed E-state index contributed by atoms with van der Waals surface area (Å²) in [5.74, 6) is -0.659. The molecule has 4 rings (SSSR count). The van der Waals surface area contributed by atoms with Crippen LogP contribution in [0.15, 0.2) is 42.5 Å². The van der Waals surface area contributed by atoms with E-state index >= 15 is 0 Å². The number of likely N-dealkylation sites (tertiary alicyclic amines) is 1. The zero-order chi connectivity index (χ0) is 25.3. The molecule has 2 aromatic rings. The van der Waals surface area contributed by atoms with Crippen molar-refractivity contribution in [1.82, 2.24) is 15.1 Å². The molecule has 0 aromatic heterocycles. The van der Waals surface area contributed by atoms with E-state index in [0.717, 1.165) is 5.56 Å². The third-order valence-corrected chi connectivity index (χ3v) is 7.22. The molecule has 1 spiro atoms. The molecule has 2 aliphatic heterocycles. The summed E-state index contributed by atoms with van der Waals surface area (Å²) in [5.41, 5.74) is 0.945. The van der Waals surface area contributed by atoms with Crippen LogP contribution in [-0.2, 0) is 9.53 Å². The van der Waals surface area contributed by atoms with Crippen LogP contribution >= 0.6 is 23.2 Å². The summed E-state index contributed by atoms with van der Waals surface area (Å²) in [6.45, 7) is 6.52. The summed E-state index contributed by atoms with van der Waals surface area (Å²) in [5, 5.41) is 3.62. The van der Waals surface area contributed by atoms with E-state index in [1.54, 1.807) is 34.1 Å². The van der Waals surface area contributed by atoms with Crippen molar-refractivity contribution in [3.63, 3.8) is 0 Å². The summed E-state index contributed by atoms with van der Waals surface area (Å²) in [6, 6.07) is 11.3. The van der Waals surface area contributed by atoms with Crippen molar-refractivity contribution in [3.8, 4) is 0 Å². The lowest BCUT2D eigenvalue weighted by Gasteiger charge is -2.44. The van der Waals surface area contributed by atoms with E-state index in [-0.39, 0.29) is 30.4 Å². The first-order valence-electron chi connectivity index (χ1n) is 11.7. The lowest BCUT2D eigenvalue weighted by atomic mass is 9.95. The highest BCUT2D eigenvalue weighted by Crippen LogP contribution is 2.39. The first-order valence-corrected chi connectivity index (χ1v) is 12.5. The normalized spacial score (nSPS) is 19.3.